The van der Waals surface area contributed by atoms with Gasteiger partial charge in [0.05, 0.1) is 34.7 Å². The van der Waals surface area contributed by atoms with E-state index in [1.54, 1.807) is 29.2 Å². The average Bonchev–Trinajstić information content (AvgIpc) is 2.81. The maximum Gasteiger partial charge on any atom is 0.305 e. The monoisotopic (exact) mass is 494 g/mol. The van der Waals surface area contributed by atoms with Crippen LogP contribution in [0.4, 0.5) is 17.1 Å². The van der Waals surface area contributed by atoms with Gasteiger partial charge in [-0.15, -0.1) is 23.5 Å². The lowest BCUT2D eigenvalue weighted by atomic mass is 10.0. The standard InChI is InChI=1S/C24H18N2O6S2/c27-17(28)10-15-23(31)25-19-13-8-4-5-9-14(13)20-22(21(19)33-15)34-16(11-18(29)30)24(32)26(20)12-6-2-1-3-7-12/h1-9,15-16H,10-11H2,(H,25,31)(H,27,28)(H,29,30). The Kier molecular flexibility index (Phi) is 5.70. The number of nitrogens with one attached hydrogen (secondary N) is 1. The summed E-state index contributed by atoms with van der Waals surface area (Å²) in [6, 6.07) is 16.4. The summed E-state index contributed by atoms with van der Waals surface area (Å²) in [4.78, 5) is 52.1. The van der Waals surface area contributed by atoms with Crippen LogP contribution in [0.3, 0.4) is 0 Å². The zero-order chi connectivity index (χ0) is 24.0. The summed E-state index contributed by atoms with van der Waals surface area (Å²) < 4.78 is 0. The summed E-state index contributed by atoms with van der Waals surface area (Å²) in [5, 5.41) is 21.3. The van der Waals surface area contributed by atoms with Crippen LogP contribution in [0.15, 0.2) is 64.4 Å². The molecule has 0 aliphatic carbocycles. The Balaban J connectivity index is 1.80. The molecule has 2 aliphatic heterocycles. The normalized spacial score (nSPS) is 19.4. The van der Waals surface area contributed by atoms with Crippen molar-refractivity contribution in [2.24, 2.45) is 0 Å². The number of amides is 2. The van der Waals surface area contributed by atoms with Gasteiger partial charge in [-0.3, -0.25) is 24.1 Å². The van der Waals surface area contributed by atoms with Gasteiger partial charge >= 0.3 is 11.9 Å². The van der Waals surface area contributed by atoms with Gasteiger partial charge < -0.3 is 15.5 Å². The van der Waals surface area contributed by atoms with Crippen molar-refractivity contribution < 1.29 is 29.4 Å². The first-order chi connectivity index (χ1) is 16.3. The molecule has 2 aliphatic rings. The number of nitrogens with zero attached hydrogens (tertiary/aromatic N) is 1. The Labute approximate surface area is 202 Å². The summed E-state index contributed by atoms with van der Waals surface area (Å²) in [6.07, 6.45) is -0.731. The predicted molar refractivity (Wildman–Crippen MR) is 130 cm³/mol. The molecule has 0 fully saturated rings. The van der Waals surface area contributed by atoms with Crippen molar-refractivity contribution in [2.75, 3.05) is 10.2 Å². The fourth-order valence-corrected chi connectivity index (χ4v) is 6.89. The fourth-order valence-electron chi connectivity index (χ4n) is 4.20. The second-order valence-electron chi connectivity index (χ2n) is 7.83. The highest BCUT2D eigenvalue weighted by Crippen LogP contribution is 2.56. The number of para-hydroxylation sites is 1. The molecule has 3 aromatic carbocycles. The predicted octanol–water partition coefficient (Wildman–Crippen LogP) is 4.34. The minimum Gasteiger partial charge on any atom is -0.481 e. The summed E-state index contributed by atoms with van der Waals surface area (Å²) in [7, 11) is 0. The van der Waals surface area contributed by atoms with Gasteiger partial charge in [0.1, 0.15) is 0 Å². The Bertz CT molecular complexity index is 1360. The highest BCUT2D eigenvalue weighted by atomic mass is 32.2. The van der Waals surface area contributed by atoms with Gasteiger partial charge in [-0.2, -0.15) is 0 Å². The van der Waals surface area contributed by atoms with Crippen molar-refractivity contribution in [2.45, 2.75) is 33.1 Å². The third-order valence-electron chi connectivity index (χ3n) is 5.61. The van der Waals surface area contributed by atoms with Gasteiger partial charge in [0.2, 0.25) is 11.8 Å². The fraction of sp³-hybridized carbons (Fsp3) is 0.167. The highest BCUT2D eigenvalue weighted by molar-refractivity contribution is 8.04. The van der Waals surface area contributed by atoms with Gasteiger partial charge in [0, 0.05) is 26.3 Å². The van der Waals surface area contributed by atoms with Crippen LogP contribution in [-0.2, 0) is 19.2 Å². The maximum absolute atomic E-state index is 13.6. The van der Waals surface area contributed by atoms with E-state index in [1.165, 1.54) is 0 Å². The Morgan fingerprint density at radius 2 is 1.41 bits per heavy atom. The first kappa shape index (κ1) is 22.3. The number of carboxylic acid groups (broad SMARTS) is 2. The molecule has 8 nitrogen and oxygen atoms in total. The smallest absolute Gasteiger partial charge is 0.305 e. The number of aliphatic carboxylic acids is 2. The van der Waals surface area contributed by atoms with Crippen molar-refractivity contribution in [1.82, 2.24) is 0 Å². The molecule has 34 heavy (non-hydrogen) atoms. The Morgan fingerprint density at radius 1 is 0.824 bits per heavy atom. The summed E-state index contributed by atoms with van der Waals surface area (Å²) in [5.74, 6) is -2.93. The van der Waals surface area contributed by atoms with Crippen molar-refractivity contribution in [3.8, 4) is 0 Å². The van der Waals surface area contributed by atoms with E-state index in [4.69, 9.17) is 0 Å². The number of thioether (sulfide) groups is 2. The molecule has 0 bridgehead atoms. The van der Waals surface area contributed by atoms with Crippen LogP contribution < -0.4 is 10.2 Å². The van der Waals surface area contributed by atoms with Gasteiger partial charge in [0.25, 0.3) is 0 Å². The van der Waals surface area contributed by atoms with Gasteiger partial charge in [-0.25, -0.2) is 0 Å². The maximum atomic E-state index is 13.6. The second kappa shape index (κ2) is 8.69. The lowest BCUT2D eigenvalue weighted by Crippen LogP contribution is -2.39. The van der Waals surface area contributed by atoms with E-state index >= 15 is 0 Å². The molecule has 5 rings (SSSR count). The van der Waals surface area contributed by atoms with E-state index in [9.17, 15) is 29.4 Å². The van der Waals surface area contributed by atoms with E-state index in [0.29, 0.717) is 26.9 Å². The van der Waals surface area contributed by atoms with Crippen molar-refractivity contribution >= 4 is 75.1 Å². The molecule has 10 heteroatoms. The number of carboxylic acids is 2. The Morgan fingerprint density at radius 3 is 2.09 bits per heavy atom. The van der Waals surface area contributed by atoms with E-state index in [2.05, 4.69) is 5.32 Å². The van der Waals surface area contributed by atoms with Gasteiger partial charge in [0.15, 0.2) is 0 Å². The van der Waals surface area contributed by atoms with Crippen LogP contribution >= 0.6 is 23.5 Å². The number of carbonyl (C=O) groups is 4. The molecule has 172 valence electrons. The molecule has 2 unspecified atom stereocenters. The van der Waals surface area contributed by atoms with Gasteiger partial charge in [-0.1, -0.05) is 42.5 Å². The molecule has 0 saturated heterocycles. The SMILES string of the molecule is O=C(O)CC1Sc2c3c(c4ccccc4c2NC1=O)N(c1ccccc1)C(=O)C(CC(=O)O)S3. The quantitative estimate of drug-likeness (QED) is 0.479. The van der Waals surface area contributed by atoms with Gasteiger partial charge in [-0.05, 0) is 12.1 Å². The number of hydrogen-bond acceptors (Lipinski definition) is 6. The lowest BCUT2D eigenvalue weighted by Gasteiger charge is -2.37. The first-order valence-electron chi connectivity index (χ1n) is 10.4. The number of carbonyl (C=O) groups excluding carboxylic acids is 2. The van der Waals surface area contributed by atoms with E-state index in [1.807, 2.05) is 30.3 Å². The van der Waals surface area contributed by atoms with E-state index < -0.39 is 28.3 Å². The van der Waals surface area contributed by atoms with E-state index in [-0.39, 0.29) is 18.7 Å². The number of fused-ring (bicyclic) bond motifs is 6. The number of rotatable bonds is 5. The van der Waals surface area contributed by atoms with Crippen LogP contribution in [0.25, 0.3) is 10.8 Å². The minimum atomic E-state index is -1.10. The van der Waals surface area contributed by atoms with Crippen LogP contribution in [0.5, 0.6) is 0 Å². The zero-order valence-electron chi connectivity index (χ0n) is 17.6. The molecule has 0 saturated carbocycles. The zero-order valence-corrected chi connectivity index (χ0v) is 19.2. The highest BCUT2D eigenvalue weighted by Gasteiger charge is 2.42. The van der Waals surface area contributed by atoms with E-state index in [0.717, 1.165) is 34.3 Å². The molecule has 3 aromatic rings. The van der Waals surface area contributed by atoms with Crippen LogP contribution in [-0.4, -0.2) is 44.5 Å². The van der Waals surface area contributed by atoms with Crippen molar-refractivity contribution in [3.63, 3.8) is 0 Å². The molecular formula is C24H18N2O6S2. The molecule has 2 heterocycles. The molecular weight excluding hydrogens is 476 g/mol. The molecule has 0 aromatic heterocycles. The third kappa shape index (κ3) is 3.78. The van der Waals surface area contributed by atoms with Crippen LogP contribution in [0, 0.1) is 0 Å². The van der Waals surface area contributed by atoms with Crippen molar-refractivity contribution in [3.05, 3.63) is 54.6 Å². The summed E-state index contributed by atoms with van der Waals surface area (Å²) in [5.41, 5.74) is 1.76. The number of benzene rings is 3. The molecule has 2 amide bonds. The molecule has 3 N–H and O–H groups in total. The molecule has 0 spiro atoms. The first-order valence-corrected chi connectivity index (χ1v) is 12.2. The number of anilines is 3. The topological polar surface area (TPSA) is 124 Å². The Hall–Kier alpha value is -3.50. The third-order valence-corrected chi connectivity index (χ3v) is 8.34. The summed E-state index contributed by atoms with van der Waals surface area (Å²) in [6.45, 7) is 0. The lowest BCUT2D eigenvalue weighted by molar-refractivity contribution is -0.138. The average molecular weight is 495 g/mol. The number of hydrogen-bond donors (Lipinski definition) is 3. The summed E-state index contributed by atoms with van der Waals surface area (Å²) >= 11 is 2.30. The van der Waals surface area contributed by atoms with Crippen LogP contribution in [0.2, 0.25) is 0 Å². The molecule has 2 atom stereocenters. The molecule has 0 radical (unpaired) electrons. The van der Waals surface area contributed by atoms with Crippen molar-refractivity contribution in [1.29, 1.82) is 0 Å². The second-order valence-corrected chi connectivity index (χ2v) is 10.3. The largest absolute Gasteiger partial charge is 0.481 e. The minimum absolute atomic E-state index is 0.344. The van der Waals surface area contributed by atoms with Crippen LogP contribution in [0.1, 0.15) is 12.8 Å².